The highest BCUT2D eigenvalue weighted by Gasteiger charge is 2.24. The van der Waals surface area contributed by atoms with Crippen LogP contribution in [0.5, 0.6) is 0 Å². The van der Waals surface area contributed by atoms with Crippen LogP contribution in [-0.4, -0.2) is 25.2 Å². The van der Waals surface area contributed by atoms with Crippen molar-refractivity contribution < 1.29 is 9.53 Å². The first-order valence-corrected chi connectivity index (χ1v) is 6.92. The molecule has 0 heterocycles. The van der Waals surface area contributed by atoms with Gasteiger partial charge in [-0.05, 0) is 31.2 Å². The Hall–Kier alpha value is -1.35. The van der Waals surface area contributed by atoms with Crippen molar-refractivity contribution in [3.63, 3.8) is 0 Å². The normalized spacial score (nSPS) is 14.2. The van der Waals surface area contributed by atoms with Crippen molar-refractivity contribution in [1.82, 2.24) is 5.32 Å². The monoisotopic (exact) mass is 263 g/mol. The minimum Gasteiger partial charge on any atom is -0.468 e. The van der Waals surface area contributed by atoms with Gasteiger partial charge in [-0.15, -0.1) is 0 Å². The van der Waals surface area contributed by atoms with Crippen LogP contribution in [0.3, 0.4) is 0 Å². The predicted molar refractivity (Wildman–Crippen MR) is 78.0 cm³/mol. The van der Waals surface area contributed by atoms with E-state index in [4.69, 9.17) is 4.74 Å². The van der Waals surface area contributed by atoms with Crippen molar-refractivity contribution in [3.8, 4) is 0 Å². The van der Waals surface area contributed by atoms with Crippen molar-refractivity contribution in [2.75, 3.05) is 7.11 Å². The molecule has 1 rings (SSSR count). The van der Waals surface area contributed by atoms with Gasteiger partial charge in [-0.2, -0.15) is 0 Å². The fourth-order valence-corrected chi connectivity index (χ4v) is 2.08. The van der Waals surface area contributed by atoms with Crippen LogP contribution in [0.2, 0.25) is 0 Å². The molecule has 1 aromatic carbocycles. The van der Waals surface area contributed by atoms with Crippen molar-refractivity contribution in [1.29, 1.82) is 0 Å². The maximum atomic E-state index is 11.7. The summed E-state index contributed by atoms with van der Waals surface area (Å²) in [5.74, 6) is 0.0492. The van der Waals surface area contributed by atoms with E-state index >= 15 is 0 Å². The highest BCUT2D eigenvalue weighted by molar-refractivity contribution is 5.75. The van der Waals surface area contributed by atoms with Crippen LogP contribution in [0.25, 0.3) is 0 Å². The quantitative estimate of drug-likeness (QED) is 0.769. The van der Waals surface area contributed by atoms with Gasteiger partial charge in [0.05, 0.1) is 7.11 Å². The van der Waals surface area contributed by atoms with Crippen LogP contribution >= 0.6 is 0 Å². The van der Waals surface area contributed by atoms with E-state index in [2.05, 4.69) is 36.5 Å². The maximum absolute atomic E-state index is 11.7. The molecule has 2 atom stereocenters. The Labute approximate surface area is 116 Å². The second-order valence-corrected chi connectivity index (χ2v) is 5.34. The first-order valence-electron chi connectivity index (χ1n) is 6.92. The number of rotatable bonds is 7. The van der Waals surface area contributed by atoms with Crippen LogP contribution in [-0.2, 0) is 16.0 Å². The third-order valence-electron chi connectivity index (χ3n) is 3.29. The third-order valence-corrected chi connectivity index (χ3v) is 3.29. The molecule has 0 saturated heterocycles. The molecule has 0 aliphatic heterocycles. The van der Waals surface area contributed by atoms with Gasteiger partial charge < -0.3 is 10.1 Å². The zero-order valence-electron chi connectivity index (χ0n) is 12.3. The molecule has 3 heteroatoms. The second-order valence-electron chi connectivity index (χ2n) is 5.34. The van der Waals surface area contributed by atoms with E-state index in [0.717, 1.165) is 12.8 Å². The van der Waals surface area contributed by atoms with E-state index in [-0.39, 0.29) is 24.0 Å². The molecule has 1 aromatic rings. The molecular weight excluding hydrogens is 238 g/mol. The standard InChI is InChI=1S/C16H25NO2/c1-12(2)15(16(18)19-4)17-13(3)10-11-14-8-6-5-7-9-14/h5-9,12-13,15,17H,10-11H2,1-4H3/t13?,15-/m0/s1. The number of nitrogens with one attached hydrogen (secondary N) is 1. The van der Waals surface area contributed by atoms with E-state index in [1.54, 1.807) is 0 Å². The van der Waals surface area contributed by atoms with Crippen LogP contribution < -0.4 is 5.32 Å². The summed E-state index contributed by atoms with van der Waals surface area (Å²) in [5.41, 5.74) is 1.33. The van der Waals surface area contributed by atoms with E-state index in [0.29, 0.717) is 0 Å². The first-order chi connectivity index (χ1) is 9.04. The van der Waals surface area contributed by atoms with Crippen molar-refractivity contribution in [2.45, 2.75) is 45.7 Å². The molecule has 1 N–H and O–H groups in total. The Morgan fingerprint density at radius 1 is 1.21 bits per heavy atom. The average molecular weight is 263 g/mol. The number of benzene rings is 1. The Bertz CT molecular complexity index is 376. The topological polar surface area (TPSA) is 38.3 Å². The van der Waals surface area contributed by atoms with Gasteiger partial charge in [0, 0.05) is 6.04 Å². The molecule has 19 heavy (non-hydrogen) atoms. The van der Waals surface area contributed by atoms with Crippen LogP contribution in [0.15, 0.2) is 30.3 Å². The summed E-state index contributed by atoms with van der Waals surface area (Å²) in [6.07, 6.45) is 2.02. The molecule has 1 unspecified atom stereocenters. The zero-order chi connectivity index (χ0) is 14.3. The van der Waals surface area contributed by atoms with Gasteiger partial charge >= 0.3 is 5.97 Å². The molecule has 3 nitrogen and oxygen atoms in total. The van der Waals surface area contributed by atoms with Gasteiger partial charge in [0.2, 0.25) is 0 Å². The van der Waals surface area contributed by atoms with Gasteiger partial charge in [-0.1, -0.05) is 44.2 Å². The summed E-state index contributed by atoms with van der Waals surface area (Å²) in [4.78, 5) is 11.7. The van der Waals surface area contributed by atoms with Gasteiger partial charge in [0.15, 0.2) is 0 Å². The largest absolute Gasteiger partial charge is 0.468 e. The molecule has 0 aromatic heterocycles. The Morgan fingerprint density at radius 3 is 2.37 bits per heavy atom. The minimum absolute atomic E-state index is 0.179. The van der Waals surface area contributed by atoms with Gasteiger partial charge in [0.1, 0.15) is 6.04 Å². The number of carbonyl (C=O) groups is 1. The number of hydrogen-bond acceptors (Lipinski definition) is 3. The Balaban J connectivity index is 2.44. The van der Waals surface area contributed by atoms with E-state index < -0.39 is 0 Å². The summed E-state index contributed by atoms with van der Waals surface area (Å²) in [6, 6.07) is 10.5. The molecule has 0 amide bonds. The lowest BCUT2D eigenvalue weighted by Crippen LogP contribution is -2.46. The van der Waals surface area contributed by atoms with Gasteiger partial charge in [-0.25, -0.2) is 0 Å². The molecular formula is C16H25NO2. The molecule has 106 valence electrons. The van der Waals surface area contributed by atoms with Crippen LogP contribution in [0, 0.1) is 5.92 Å². The summed E-state index contributed by atoms with van der Waals surface area (Å²) in [7, 11) is 1.44. The fourth-order valence-electron chi connectivity index (χ4n) is 2.08. The lowest BCUT2D eigenvalue weighted by molar-refractivity contribution is -0.144. The smallest absolute Gasteiger partial charge is 0.323 e. The molecule has 0 fully saturated rings. The van der Waals surface area contributed by atoms with Crippen LogP contribution in [0.1, 0.15) is 32.8 Å². The molecule has 0 spiro atoms. The second kappa shape index (κ2) is 7.95. The third kappa shape index (κ3) is 5.43. The van der Waals surface area contributed by atoms with E-state index in [1.807, 2.05) is 19.9 Å². The molecule has 0 saturated carbocycles. The number of ether oxygens (including phenoxy) is 1. The van der Waals surface area contributed by atoms with Crippen molar-refractivity contribution in [2.24, 2.45) is 5.92 Å². The average Bonchev–Trinajstić information content (AvgIpc) is 2.42. The van der Waals surface area contributed by atoms with Crippen molar-refractivity contribution >= 4 is 5.97 Å². The van der Waals surface area contributed by atoms with Gasteiger partial charge in [-0.3, -0.25) is 4.79 Å². The highest BCUT2D eigenvalue weighted by atomic mass is 16.5. The SMILES string of the molecule is COC(=O)[C@@H](NC(C)CCc1ccccc1)C(C)C. The van der Waals surface area contributed by atoms with Crippen molar-refractivity contribution in [3.05, 3.63) is 35.9 Å². The van der Waals surface area contributed by atoms with E-state index in [9.17, 15) is 4.79 Å². The summed E-state index contributed by atoms with van der Waals surface area (Å²) in [6.45, 7) is 6.16. The Kier molecular flexibility index (Phi) is 6.57. The zero-order valence-corrected chi connectivity index (χ0v) is 12.3. The van der Waals surface area contributed by atoms with Crippen LogP contribution in [0.4, 0.5) is 0 Å². The summed E-state index contributed by atoms with van der Waals surface area (Å²) < 4.78 is 4.84. The van der Waals surface area contributed by atoms with Gasteiger partial charge in [0.25, 0.3) is 0 Å². The lowest BCUT2D eigenvalue weighted by Gasteiger charge is -2.24. The molecule has 0 radical (unpaired) electrons. The summed E-state index contributed by atoms with van der Waals surface area (Å²) in [5, 5.41) is 3.36. The maximum Gasteiger partial charge on any atom is 0.323 e. The Morgan fingerprint density at radius 2 is 1.84 bits per heavy atom. The summed E-state index contributed by atoms with van der Waals surface area (Å²) >= 11 is 0. The lowest BCUT2D eigenvalue weighted by atomic mass is 10.0. The minimum atomic E-state index is -0.226. The number of aryl methyl sites for hydroxylation is 1. The molecule has 0 bridgehead atoms. The molecule has 0 aliphatic carbocycles. The number of esters is 1. The number of hydrogen-bond donors (Lipinski definition) is 1. The van der Waals surface area contributed by atoms with E-state index in [1.165, 1.54) is 12.7 Å². The number of methoxy groups -OCH3 is 1. The highest BCUT2D eigenvalue weighted by Crippen LogP contribution is 2.09. The predicted octanol–water partition coefficient (Wildman–Crippen LogP) is 2.79. The number of carbonyl (C=O) groups excluding carboxylic acids is 1. The first kappa shape index (κ1) is 15.7. The fraction of sp³-hybridized carbons (Fsp3) is 0.562. The molecule has 0 aliphatic rings.